The molecule has 0 saturated heterocycles. The van der Waals surface area contributed by atoms with Gasteiger partial charge in [-0.3, -0.25) is 0 Å². The highest BCUT2D eigenvalue weighted by Crippen LogP contribution is 2.09. The molecule has 0 amide bonds. The Kier molecular flexibility index (Phi) is 6.98. The topological polar surface area (TPSA) is 26.3 Å². The van der Waals surface area contributed by atoms with Crippen molar-refractivity contribution < 1.29 is 9.53 Å². The normalized spacial score (nSPS) is 9.31. The molecule has 0 aromatic rings. The summed E-state index contributed by atoms with van der Waals surface area (Å²) in [4.78, 5) is 10.7. The Labute approximate surface area is 80.3 Å². The van der Waals surface area contributed by atoms with Crippen molar-refractivity contribution in [3.05, 3.63) is 25.0 Å². The molecule has 0 aliphatic rings. The SMILES string of the molecule is C=CC(=O)OC(=C)CCCCCC. The molecule has 0 aromatic carbocycles. The first-order valence-electron chi connectivity index (χ1n) is 4.72. The lowest BCUT2D eigenvalue weighted by Crippen LogP contribution is -1.99. The van der Waals surface area contributed by atoms with Crippen molar-refractivity contribution in [1.29, 1.82) is 0 Å². The van der Waals surface area contributed by atoms with Crippen LogP contribution in [0.5, 0.6) is 0 Å². The molecule has 0 spiro atoms. The maximum atomic E-state index is 10.7. The van der Waals surface area contributed by atoms with Crippen molar-refractivity contribution >= 4 is 5.97 Å². The van der Waals surface area contributed by atoms with Gasteiger partial charge in [0.15, 0.2) is 0 Å². The minimum Gasteiger partial charge on any atom is -0.429 e. The number of carbonyl (C=O) groups excluding carboxylic acids is 1. The largest absolute Gasteiger partial charge is 0.429 e. The molecule has 0 radical (unpaired) electrons. The summed E-state index contributed by atoms with van der Waals surface area (Å²) in [5.41, 5.74) is 0. The van der Waals surface area contributed by atoms with Gasteiger partial charge in [-0.25, -0.2) is 4.79 Å². The van der Waals surface area contributed by atoms with Crippen LogP contribution < -0.4 is 0 Å². The number of allylic oxidation sites excluding steroid dienone is 1. The molecule has 0 atom stereocenters. The van der Waals surface area contributed by atoms with Crippen LogP contribution in [0.25, 0.3) is 0 Å². The summed E-state index contributed by atoms with van der Waals surface area (Å²) in [6.07, 6.45) is 6.55. The lowest BCUT2D eigenvalue weighted by atomic mass is 10.1. The highest BCUT2D eigenvalue weighted by Gasteiger charge is 1.99. The zero-order valence-corrected chi connectivity index (χ0v) is 8.34. The van der Waals surface area contributed by atoms with Crippen molar-refractivity contribution in [2.24, 2.45) is 0 Å². The third kappa shape index (κ3) is 7.32. The molecule has 2 nitrogen and oxygen atoms in total. The number of esters is 1. The van der Waals surface area contributed by atoms with Crippen LogP contribution in [0.4, 0.5) is 0 Å². The maximum absolute atomic E-state index is 10.7. The number of hydrogen-bond acceptors (Lipinski definition) is 2. The predicted octanol–water partition coefficient (Wildman–Crippen LogP) is 3.20. The van der Waals surface area contributed by atoms with Crippen LogP contribution in [-0.2, 0) is 9.53 Å². The Morgan fingerprint density at radius 2 is 2.08 bits per heavy atom. The van der Waals surface area contributed by atoms with Crippen molar-refractivity contribution in [2.75, 3.05) is 0 Å². The van der Waals surface area contributed by atoms with Crippen molar-refractivity contribution in [2.45, 2.75) is 39.0 Å². The van der Waals surface area contributed by atoms with E-state index >= 15 is 0 Å². The van der Waals surface area contributed by atoms with Crippen LogP contribution in [0.1, 0.15) is 39.0 Å². The molecular formula is C11H18O2. The van der Waals surface area contributed by atoms with Gasteiger partial charge >= 0.3 is 5.97 Å². The molecule has 0 saturated carbocycles. The summed E-state index contributed by atoms with van der Waals surface area (Å²) in [5, 5.41) is 0. The van der Waals surface area contributed by atoms with E-state index in [1.807, 2.05) is 0 Å². The number of ether oxygens (including phenoxy) is 1. The van der Waals surface area contributed by atoms with Crippen molar-refractivity contribution in [3.8, 4) is 0 Å². The van der Waals surface area contributed by atoms with Crippen molar-refractivity contribution in [1.82, 2.24) is 0 Å². The molecule has 13 heavy (non-hydrogen) atoms. The highest BCUT2D eigenvalue weighted by molar-refractivity contribution is 5.81. The second-order valence-corrected chi connectivity index (χ2v) is 2.97. The van der Waals surface area contributed by atoms with E-state index in [2.05, 4.69) is 20.1 Å². The van der Waals surface area contributed by atoms with Gasteiger partial charge in [0.25, 0.3) is 0 Å². The molecule has 2 heteroatoms. The first-order valence-corrected chi connectivity index (χ1v) is 4.72. The molecule has 0 aliphatic carbocycles. The summed E-state index contributed by atoms with van der Waals surface area (Å²) in [5.74, 6) is 0.126. The van der Waals surface area contributed by atoms with Crippen LogP contribution >= 0.6 is 0 Å². The first kappa shape index (κ1) is 11.9. The fraction of sp³-hybridized carbons (Fsp3) is 0.545. The first-order chi connectivity index (χ1) is 6.20. The van der Waals surface area contributed by atoms with Crippen LogP contribution in [-0.4, -0.2) is 5.97 Å². The van der Waals surface area contributed by atoms with E-state index in [0.29, 0.717) is 5.76 Å². The minimum absolute atomic E-state index is 0.416. The van der Waals surface area contributed by atoms with Gasteiger partial charge in [0, 0.05) is 12.5 Å². The van der Waals surface area contributed by atoms with Gasteiger partial charge in [0.05, 0.1) is 0 Å². The standard InChI is InChI=1S/C11H18O2/c1-4-6-7-8-9-10(3)13-11(12)5-2/h5H,2-4,6-9H2,1H3. The molecule has 0 unspecified atom stereocenters. The average molecular weight is 182 g/mol. The third-order valence-electron chi connectivity index (χ3n) is 1.72. The lowest BCUT2D eigenvalue weighted by molar-refractivity contribution is -0.133. The monoisotopic (exact) mass is 182 g/mol. The third-order valence-corrected chi connectivity index (χ3v) is 1.72. The number of rotatable bonds is 7. The summed E-state index contributed by atoms with van der Waals surface area (Å²) < 4.78 is 4.83. The van der Waals surface area contributed by atoms with Crippen molar-refractivity contribution in [3.63, 3.8) is 0 Å². The van der Waals surface area contributed by atoms with E-state index < -0.39 is 5.97 Å². The fourth-order valence-corrected chi connectivity index (χ4v) is 0.984. The zero-order chi connectivity index (χ0) is 10.1. The van der Waals surface area contributed by atoms with Gasteiger partial charge in [-0.05, 0) is 6.42 Å². The van der Waals surface area contributed by atoms with E-state index in [4.69, 9.17) is 4.74 Å². The van der Waals surface area contributed by atoms with Crippen LogP contribution in [0, 0.1) is 0 Å². The molecule has 0 aliphatic heterocycles. The van der Waals surface area contributed by atoms with Crippen LogP contribution in [0.15, 0.2) is 25.0 Å². The Balaban J connectivity index is 3.40. The Morgan fingerprint density at radius 3 is 2.62 bits per heavy atom. The van der Waals surface area contributed by atoms with E-state index in [1.165, 1.54) is 19.3 Å². The molecular weight excluding hydrogens is 164 g/mol. The zero-order valence-electron chi connectivity index (χ0n) is 8.34. The quantitative estimate of drug-likeness (QED) is 0.261. The summed E-state index contributed by atoms with van der Waals surface area (Å²) in [6, 6.07) is 0. The molecule has 0 N–H and O–H groups in total. The van der Waals surface area contributed by atoms with E-state index in [9.17, 15) is 4.79 Å². The second kappa shape index (κ2) is 7.59. The fourth-order valence-electron chi connectivity index (χ4n) is 0.984. The molecule has 0 rings (SSSR count). The molecule has 0 fully saturated rings. The Bertz CT molecular complexity index is 183. The minimum atomic E-state index is -0.416. The van der Waals surface area contributed by atoms with Gasteiger partial charge in [-0.2, -0.15) is 0 Å². The second-order valence-electron chi connectivity index (χ2n) is 2.97. The smallest absolute Gasteiger partial charge is 0.335 e. The Hall–Kier alpha value is -1.05. The summed E-state index contributed by atoms with van der Waals surface area (Å²) >= 11 is 0. The van der Waals surface area contributed by atoms with Crippen LogP contribution in [0.3, 0.4) is 0 Å². The number of hydrogen-bond donors (Lipinski definition) is 0. The molecule has 0 aromatic heterocycles. The van der Waals surface area contributed by atoms with E-state index in [-0.39, 0.29) is 0 Å². The summed E-state index contributed by atoms with van der Waals surface area (Å²) in [7, 11) is 0. The van der Waals surface area contributed by atoms with Gasteiger partial charge in [-0.15, -0.1) is 0 Å². The number of unbranched alkanes of at least 4 members (excludes halogenated alkanes) is 3. The van der Waals surface area contributed by atoms with Gasteiger partial charge in [0.2, 0.25) is 0 Å². The average Bonchev–Trinajstić information content (AvgIpc) is 2.12. The van der Waals surface area contributed by atoms with Gasteiger partial charge in [-0.1, -0.05) is 39.3 Å². The maximum Gasteiger partial charge on any atom is 0.335 e. The van der Waals surface area contributed by atoms with E-state index in [1.54, 1.807) is 0 Å². The lowest BCUT2D eigenvalue weighted by Gasteiger charge is -2.04. The van der Waals surface area contributed by atoms with Gasteiger partial charge in [0.1, 0.15) is 5.76 Å². The van der Waals surface area contributed by atoms with E-state index in [0.717, 1.165) is 18.9 Å². The van der Waals surface area contributed by atoms with Gasteiger partial charge < -0.3 is 4.74 Å². The predicted molar refractivity (Wildman–Crippen MR) is 54.2 cm³/mol. The number of carbonyl (C=O) groups is 1. The molecule has 74 valence electrons. The molecule has 0 bridgehead atoms. The van der Waals surface area contributed by atoms with Crippen LogP contribution in [0.2, 0.25) is 0 Å². The highest BCUT2D eigenvalue weighted by atomic mass is 16.5. The Morgan fingerprint density at radius 1 is 1.38 bits per heavy atom. The molecule has 0 heterocycles. The summed E-state index contributed by atoms with van der Waals surface area (Å²) in [6.45, 7) is 9.12.